The lowest BCUT2D eigenvalue weighted by atomic mass is 9.86. The zero-order chi connectivity index (χ0) is 9.68. The Morgan fingerprint density at radius 2 is 2.23 bits per heavy atom. The van der Waals surface area contributed by atoms with Crippen molar-refractivity contribution in [1.29, 1.82) is 5.26 Å². The molecule has 3 nitrogen and oxygen atoms in total. The molecule has 1 saturated carbocycles. The van der Waals surface area contributed by atoms with Crippen LogP contribution >= 0.6 is 0 Å². The highest BCUT2D eigenvalue weighted by Crippen LogP contribution is 2.23. The predicted molar refractivity (Wildman–Crippen MR) is 49.8 cm³/mol. The Morgan fingerprint density at radius 1 is 1.54 bits per heavy atom. The Bertz CT molecular complexity index is 219. The van der Waals surface area contributed by atoms with Gasteiger partial charge in [0.05, 0.1) is 6.07 Å². The quantitative estimate of drug-likeness (QED) is 0.701. The second-order valence-corrected chi connectivity index (χ2v) is 3.77. The highest BCUT2D eigenvalue weighted by atomic mass is 16.1. The van der Waals surface area contributed by atoms with Crippen molar-refractivity contribution in [3.05, 3.63) is 0 Å². The van der Waals surface area contributed by atoms with Gasteiger partial charge in [-0.15, -0.1) is 0 Å². The summed E-state index contributed by atoms with van der Waals surface area (Å²) < 4.78 is 0. The molecule has 0 aliphatic heterocycles. The molecule has 0 aromatic carbocycles. The van der Waals surface area contributed by atoms with Crippen LogP contribution in [-0.4, -0.2) is 11.9 Å². The fourth-order valence-corrected chi connectivity index (χ4v) is 1.86. The van der Waals surface area contributed by atoms with E-state index < -0.39 is 0 Å². The average Bonchev–Trinajstić information content (AvgIpc) is 2.09. The fraction of sp³-hybridized carbons (Fsp3) is 0.800. The number of rotatable bonds is 2. The van der Waals surface area contributed by atoms with Gasteiger partial charge in [-0.3, -0.25) is 4.79 Å². The molecule has 0 radical (unpaired) electrons. The third kappa shape index (κ3) is 3.06. The summed E-state index contributed by atoms with van der Waals surface area (Å²) in [4.78, 5) is 11.1. The molecular formula is C10H16N2O. The van der Waals surface area contributed by atoms with Crippen LogP contribution in [0.2, 0.25) is 0 Å². The van der Waals surface area contributed by atoms with E-state index in [4.69, 9.17) is 5.26 Å². The zero-order valence-corrected chi connectivity index (χ0v) is 8.05. The molecule has 2 unspecified atom stereocenters. The van der Waals surface area contributed by atoms with Gasteiger partial charge in [0.25, 0.3) is 0 Å². The minimum Gasteiger partial charge on any atom is -0.352 e. The van der Waals surface area contributed by atoms with E-state index in [0.29, 0.717) is 12.0 Å². The summed E-state index contributed by atoms with van der Waals surface area (Å²) in [7, 11) is 0. The number of nitrogens with zero attached hydrogens (tertiary/aromatic N) is 1. The molecular weight excluding hydrogens is 164 g/mol. The van der Waals surface area contributed by atoms with E-state index in [2.05, 4.69) is 12.2 Å². The Morgan fingerprint density at radius 3 is 2.85 bits per heavy atom. The van der Waals surface area contributed by atoms with Gasteiger partial charge in [0.2, 0.25) is 5.91 Å². The summed E-state index contributed by atoms with van der Waals surface area (Å²) in [6.07, 6.45) is 4.71. The number of nitrogens with one attached hydrogen (secondary N) is 1. The molecule has 2 atom stereocenters. The normalized spacial score (nSPS) is 27.7. The maximum absolute atomic E-state index is 11.1. The number of carbonyl (C=O) groups is 1. The Hall–Kier alpha value is -1.04. The second kappa shape index (κ2) is 4.86. The number of carbonyl (C=O) groups excluding carboxylic acids is 1. The van der Waals surface area contributed by atoms with Gasteiger partial charge in [-0.1, -0.05) is 19.8 Å². The van der Waals surface area contributed by atoms with Gasteiger partial charge in [0, 0.05) is 6.04 Å². The Labute approximate surface area is 79.1 Å². The van der Waals surface area contributed by atoms with Crippen molar-refractivity contribution in [3.63, 3.8) is 0 Å². The molecule has 1 aliphatic carbocycles. The van der Waals surface area contributed by atoms with Crippen LogP contribution in [0.3, 0.4) is 0 Å². The van der Waals surface area contributed by atoms with Crippen LogP contribution in [-0.2, 0) is 4.79 Å². The number of hydrogen-bond acceptors (Lipinski definition) is 2. The molecule has 1 N–H and O–H groups in total. The maximum atomic E-state index is 11.1. The van der Waals surface area contributed by atoms with E-state index in [0.717, 1.165) is 6.42 Å². The van der Waals surface area contributed by atoms with Gasteiger partial charge >= 0.3 is 0 Å². The first-order valence-electron chi connectivity index (χ1n) is 4.90. The molecule has 0 saturated heterocycles. The monoisotopic (exact) mass is 180 g/mol. The van der Waals surface area contributed by atoms with E-state index in [1.807, 2.05) is 6.07 Å². The average molecular weight is 180 g/mol. The number of nitriles is 1. The van der Waals surface area contributed by atoms with Gasteiger partial charge < -0.3 is 5.32 Å². The molecule has 0 heterocycles. The van der Waals surface area contributed by atoms with E-state index in [9.17, 15) is 4.79 Å². The largest absolute Gasteiger partial charge is 0.352 e. The summed E-state index contributed by atoms with van der Waals surface area (Å²) in [5.74, 6) is 0.442. The summed E-state index contributed by atoms with van der Waals surface area (Å²) in [6.45, 7) is 2.16. The van der Waals surface area contributed by atoms with Gasteiger partial charge in [-0.05, 0) is 18.8 Å². The molecule has 1 fully saturated rings. The smallest absolute Gasteiger partial charge is 0.234 e. The fourth-order valence-electron chi connectivity index (χ4n) is 1.86. The van der Waals surface area contributed by atoms with E-state index in [1.54, 1.807) is 0 Å². The Kier molecular flexibility index (Phi) is 3.75. The van der Waals surface area contributed by atoms with E-state index in [-0.39, 0.29) is 12.3 Å². The molecule has 1 aliphatic rings. The van der Waals surface area contributed by atoms with E-state index in [1.165, 1.54) is 19.3 Å². The lowest BCUT2D eigenvalue weighted by Gasteiger charge is -2.29. The van der Waals surface area contributed by atoms with Crippen LogP contribution in [0.1, 0.15) is 39.0 Å². The first-order chi connectivity index (χ1) is 6.24. The van der Waals surface area contributed by atoms with Crippen molar-refractivity contribution in [2.75, 3.05) is 0 Å². The number of amides is 1. The minimum atomic E-state index is -0.124. The van der Waals surface area contributed by atoms with E-state index >= 15 is 0 Å². The van der Waals surface area contributed by atoms with Gasteiger partial charge in [0.1, 0.15) is 6.42 Å². The van der Waals surface area contributed by atoms with Crippen molar-refractivity contribution in [3.8, 4) is 6.07 Å². The number of hydrogen-bond donors (Lipinski definition) is 1. The molecule has 0 spiro atoms. The van der Waals surface area contributed by atoms with Crippen LogP contribution in [0.15, 0.2) is 0 Å². The minimum absolute atomic E-state index is 0.0107. The van der Waals surface area contributed by atoms with Crippen LogP contribution in [0.25, 0.3) is 0 Å². The van der Waals surface area contributed by atoms with Gasteiger partial charge in [0.15, 0.2) is 0 Å². The third-order valence-corrected chi connectivity index (χ3v) is 2.70. The molecule has 0 aromatic heterocycles. The van der Waals surface area contributed by atoms with Crippen LogP contribution < -0.4 is 5.32 Å². The van der Waals surface area contributed by atoms with Crippen LogP contribution in [0, 0.1) is 17.2 Å². The zero-order valence-electron chi connectivity index (χ0n) is 8.05. The molecule has 1 rings (SSSR count). The highest BCUT2D eigenvalue weighted by Gasteiger charge is 2.22. The first kappa shape index (κ1) is 10.0. The first-order valence-corrected chi connectivity index (χ1v) is 4.90. The molecule has 13 heavy (non-hydrogen) atoms. The molecule has 0 aromatic rings. The van der Waals surface area contributed by atoms with Crippen molar-refractivity contribution in [2.45, 2.75) is 45.1 Å². The lowest BCUT2D eigenvalue weighted by Crippen LogP contribution is -2.40. The van der Waals surface area contributed by atoms with Crippen molar-refractivity contribution in [2.24, 2.45) is 5.92 Å². The summed E-state index contributed by atoms with van der Waals surface area (Å²) >= 11 is 0. The highest BCUT2D eigenvalue weighted by molar-refractivity contribution is 5.78. The van der Waals surface area contributed by atoms with Gasteiger partial charge in [-0.25, -0.2) is 0 Å². The van der Waals surface area contributed by atoms with Crippen LogP contribution in [0.4, 0.5) is 0 Å². The van der Waals surface area contributed by atoms with Gasteiger partial charge in [-0.2, -0.15) is 5.26 Å². The maximum Gasteiger partial charge on any atom is 0.234 e. The molecule has 72 valence electrons. The Balaban J connectivity index is 2.34. The summed E-state index contributed by atoms with van der Waals surface area (Å²) in [6, 6.07) is 2.16. The third-order valence-electron chi connectivity index (χ3n) is 2.70. The molecule has 3 heteroatoms. The SMILES string of the molecule is CC1CCCCC1NC(=O)CC#N. The summed E-state index contributed by atoms with van der Waals surface area (Å²) in [5.41, 5.74) is 0. The predicted octanol–water partition coefficient (Wildman–Crippen LogP) is 1.59. The second-order valence-electron chi connectivity index (χ2n) is 3.77. The van der Waals surface area contributed by atoms with Crippen molar-refractivity contribution < 1.29 is 4.79 Å². The standard InChI is InChI=1S/C10H16N2O/c1-8-4-2-3-5-9(8)12-10(13)6-7-11/h8-9H,2-6H2,1H3,(H,12,13). The van der Waals surface area contributed by atoms with Crippen molar-refractivity contribution in [1.82, 2.24) is 5.32 Å². The molecule has 1 amide bonds. The lowest BCUT2D eigenvalue weighted by molar-refractivity contribution is -0.121. The van der Waals surface area contributed by atoms with Crippen LogP contribution in [0.5, 0.6) is 0 Å². The topological polar surface area (TPSA) is 52.9 Å². The molecule has 0 bridgehead atoms. The summed E-state index contributed by atoms with van der Waals surface area (Å²) in [5, 5.41) is 11.2. The van der Waals surface area contributed by atoms with Crippen molar-refractivity contribution >= 4 is 5.91 Å².